The lowest BCUT2D eigenvalue weighted by Gasteiger charge is -2.58. The van der Waals surface area contributed by atoms with E-state index in [0.717, 1.165) is 61.0 Å². The number of aliphatic hydroxyl groups excluding tert-OH is 1. The zero-order chi connectivity index (χ0) is 27.4. The zero-order valence-corrected chi connectivity index (χ0v) is 23.8. The molecule has 4 aliphatic rings. The van der Waals surface area contributed by atoms with E-state index in [-0.39, 0.29) is 22.5 Å². The molecule has 4 N–H and O–H groups in total. The lowest BCUT2D eigenvalue weighted by Crippen LogP contribution is -2.51. The van der Waals surface area contributed by atoms with Gasteiger partial charge in [0.05, 0.1) is 11.8 Å². The van der Waals surface area contributed by atoms with Crippen LogP contribution in [0, 0.1) is 41.4 Å². The van der Waals surface area contributed by atoms with E-state index >= 15 is 0 Å². The topological polar surface area (TPSA) is 106 Å². The van der Waals surface area contributed by atoms with Crippen molar-refractivity contribution in [2.75, 3.05) is 0 Å². The molecule has 6 rings (SSSR count). The summed E-state index contributed by atoms with van der Waals surface area (Å²) in [5.74, 6) is 3.01. The van der Waals surface area contributed by atoms with Crippen LogP contribution in [-0.2, 0) is 0 Å². The number of nitrogens with one attached hydrogen (secondary N) is 3. The highest BCUT2D eigenvalue weighted by Gasteiger charge is 2.59. The summed E-state index contributed by atoms with van der Waals surface area (Å²) < 4.78 is 0. The lowest BCUT2D eigenvalue weighted by molar-refractivity contribution is -0.0423. The van der Waals surface area contributed by atoms with Crippen LogP contribution in [0.5, 0.6) is 0 Å². The first kappa shape index (κ1) is 26.3. The predicted octanol–water partition coefficient (Wildman–Crippen LogP) is 6.00. The Kier molecular flexibility index (Phi) is 6.69. The van der Waals surface area contributed by atoms with E-state index in [1.165, 1.54) is 24.8 Å². The van der Waals surface area contributed by atoms with Gasteiger partial charge in [0.15, 0.2) is 5.84 Å². The Balaban J connectivity index is 1.25. The van der Waals surface area contributed by atoms with Gasteiger partial charge in [-0.1, -0.05) is 43.7 Å². The van der Waals surface area contributed by atoms with Gasteiger partial charge in [-0.25, -0.2) is 4.99 Å². The molecule has 0 saturated heterocycles. The van der Waals surface area contributed by atoms with Gasteiger partial charge in [-0.2, -0.15) is 5.10 Å². The van der Waals surface area contributed by atoms with Crippen LogP contribution in [-0.4, -0.2) is 33.0 Å². The van der Waals surface area contributed by atoms with Gasteiger partial charge in [0.2, 0.25) is 0 Å². The second-order valence-electron chi connectivity index (χ2n) is 13.1. The number of hydrazone groups is 1. The SMILES string of the molecule is C/C(=N\NC(=Nc1ccccc1)c1c(C)[nH][nH]c1=O)[C@H]1CC[C@H]2[C@@H]3CC=C4C[C@@H](O)CC[C@]4(C)[C@H]3CC[C@]12C. The Bertz CT molecular complexity index is 1370. The molecular formula is C32H43N5O2. The fraction of sp³-hybridized carbons (Fsp3) is 0.594. The van der Waals surface area contributed by atoms with Crippen LogP contribution in [0.3, 0.4) is 0 Å². The van der Waals surface area contributed by atoms with Gasteiger partial charge < -0.3 is 10.2 Å². The van der Waals surface area contributed by atoms with Gasteiger partial charge in [0.25, 0.3) is 5.56 Å². The fourth-order valence-electron chi connectivity index (χ4n) is 9.05. The molecule has 7 atom stereocenters. The average molecular weight is 530 g/mol. The predicted molar refractivity (Wildman–Crippen MR) is 156 cm³/mol. The number of H-pyrrole nitrogens is 2. The van der Waals surface area contributed by atoms with E-state index in [2.05, 4.69) is 42.5 Å². The third-order valence-electron chi connectivity index (χ3n) is 11.1. The van der Waals surface area contributed by atoms with Crippen molar-refractivity contribution in [2.24, 2.45) is 44.6 Å². The maximum atomic E-state index is 12.6. The Morgan fingerprint density at radius 1 is 1.05 bits per heavy atom. The van der Waals surface area contributed by atoms with E-state index < -0.39 is 0 Å². The minimum Gasteiger partial charge on any atom is -0.393 e. The third-order valence-corrected chi connectivity index (χ3v) is 11.1. The minimum absolute atomic E-state index is 0.155. The summed E-state index contributed by atoms with van der Waals surface area (Å²) in [6, 6.07) is 9.68. The summed E-state index contributed by atoms with van der Waals surface area (Å²) in [6.45, 7) is 9.02. The van der Waals surface area contributed by atoms with E-state index in [4.69, 9.17) is 10.1 Å². The molecule has 0 radical (unpaired) electrons. The molecule has 1 aromatic heterocycles. The molecule has 1 aromatic carbocycles. The molecule has 0 aliphatic heterocycles. The summed E-state index contributed by atoms with van der Waals surface area (Å²) in [4.78, 5) is 17.4. The van der Waals surface area contributed by atoms with Crippen molar-refractivity contribution >= 4 is 17.2 Å². The number of aliphatic imine (C=N–C) groups is 1. The molecule has 1 heterocycles. The van der Waals surface area contributed by atoms with Gasteiger partial charge >= 0.3 is 0 Å². The number of fused-ring (bicyclic) bond motifs is 5. The molecule has 0 bridgehead atoms. The largest absolute Gasteiger partial charge is 0.393 e. The van der Waals surface area contributed by atoms with Crippen LogP contribution in [0.25, 0.3) is 0 Å². The fourth-order valence-corrected chi connectivity index (χ4v) is 9.05. The van der Waals surface area contributed by atoms with Crippen molar-refractivity contribution < 1.29 is 5.11 Å². The van der Waals surface area contributed by atoms with Crippen LogP contribution >= 0.6 is 0 Å². The standard InChI is InChI=1S/C32H43N5O2/c1-19(34-36-29(28-20(2)35-37-30(28)39)33-22-8-6-5-7-9-22)25-12-13-26-24-11-10-21-18-23(38)14-16-31(21,3)27(24)15-17-32(25,26)4/h5-10,23-27,38H,11-18H2,1-4H3,(H,33,36)(H2,35,37,39)/b34-19+/t23-,24-,25+,26-,27-,31-,32+/m0/s1. The number of nitrogens with zero attached hydrogens (tertiary/aromatic N) is 2. The first-order chi connectivity index (χ1) is 18.7. The average Bonchev–Trinajstić information content (AvgIpc) is 3.45. The number of aliphatic hydroxyl groups is 1. The molecule has 7 nitrogen and oxygen atoms in total. The van der Waals surface area contributed by atoms with Gasteiger partial charge in [-0.05, 0) is 106 Å². The van der Waals surface area contributed by atoms with Crippen molar-refractivity contribution in [3.05, 3.63) is 63.6 Å². The quantitative estimate of drug-likeness (QED) is 0.169. The second-order valence-corrected chi connectivity index (χ2v) is 13.1. The summed E-state index contributed by atoms with van der Waals surface area (Å²) in [5.41, 5.74) is 8.11. The van der Waals surface area contributed by atoms with E-state index in [1.54, 1.807) is 0 Å². The molecule has 4 aliphatic carbocycles. The maximum absolute atomic E-state index is 12.6. The maximum Gasteiger partial charge on any atom is 0.275 e. The molecule has 7 heteroatoms. The Hall–Kier alpha value is -2.93. The highest BCUT2D eigenvalue weighted by Crippen LogP contribution is 2.66. The Labute approximate surface area is 231 Å². The first-order valence-corrected chi connectivity index (χ1v) is 14.8. The minimum atomic E-state index is -0.206. The summed E-state index contributed by atoms with van der Waals surface area (Å²) in [5, 5.41) is 20.8. The number of aryl methyl sites for hydroxylation is 1. The molecule has 39 heavy (non-hydrogen) atoms. The lowest BCUT2D eigenvalue weighted by atomic mass is 9.47. The second kappa shape index (κ2) is 9.92. The molecule has 2 aromatic rings. The van der Waals surface area contributed by atoms with Crippen molar-refractivity contribution in [3.8, 4) is 0 Å². The van der Waals surface area contributed by atoms with E-state index in [0.29, 0.717) is 23.2 Å². The number of aromatic nitrogens is 2. The summed E-state index contributed by atoms with van der Waals surface area (Å²) >= 11 is 0. The Morgan fingerprint density at radius 2 is 1.85 bits per heavy atom. The molecule has 3 fully saturated rings. The summed E-state index contributed by atoms with van der Waals surface area (Å²) in [7, 11) is 0. The molecule has 0 amide bonds. The van der Waals surface area contributed by atoms with Crippen molar-refractivity contribution in [3.63, 3.8) is 0 Å². The highest BCUT2D eigenvalue weighted by atomic mass is 16.3. The number of amidine groups is 1. The number of benzene rings is 1. The number of aromatic amines is 2. The van der Waals surface area contributed by atoms with Crippen LogP contribution in [0.15, 0.2) is 56.9 Å². The number of allylic oxidation sites excluding steroid dienone is 1. The number of hydrogen-bond acceptors (Lipinski definition) is 4. The number of hydrogen-bond donors (Lipinski definition) is 4. The number of para-hydroxylation sites is 1. The van der Waals surface area contributed by atoms with E-state index in [1.807, 2.05) is 37.3 Å². The Morgan fingerprint density at radius 3 is 2.59 bits per heavy atom. The molecule has 3 saturated carbocycles. The van der Waals surface area contributed by atoms with E-state index in [9.17, 15) is 9.90 Å². The first-order valence-electron chi connectivity index (χ1n) is 14.8. The third kappa shape index (κ3) is 4.43. The van der Waals surface area contributed by atoms with Gasteiger partial charge in [0, 0.05) is 17.3 Å². The van der Waals surface area contributed by atoms with Crippen LogP contribution < -0.4 is 11.0 Å². The summed E-state index contributed by atoms with van der Waals surface area (Å²) in [6.07, 6.45) is 11.3. The van der Waals surface area contributed by atoms with Gasteiger partial charge in [-0.15, -0.1) is 0 Å². The van der Waals surface area contributed by atoms with Crippen LogP contribution in [0.1, 0.15) is 83.4 Å². The van der Waals surface area contributed by atoms with Crippen molar-refractivity contribution in [1.82, 2.24) is 15.6 Å². The van der Waals surface area contributed by atoms with Crippen LogP contribution in [0.2, 0.25) is 0 Å². The smallest absolute Gasteiger partial charge is 0.275 e. The monoisotopic (exact) mass is 529 g/mol. The van der Waals surface area contributed by atoms with Crippen molar-refractivity contribution in [2.45, 2.75) is 85.2 Å². The highest BCUT2D eigenvalue weighted by molar-refractivity contribution is 6.01. The molecular weight excluding hydrogens is 486 g/mol. The van der Waals surface area contributed by atoms with Crippen LogP contribution in [0.4, 0.5) is 5.69 Å². The van der Waals surface area contributed by atoms with Gasteiger partial charge in [-0.3, -0.25) is 15.3 Å². The normalized spacial score (nSPS) is 36.5. The molecule has 0 spiro atoms. The van der Waals surface area contributed by atoms with Crippen molar-refractivity contribution in [1.29, 1.82) is 0 Å². The molecule has 0 unspecified atom stereocenters. The number of rotatable bonds is 4. The molecule has 208 valence electrons. The zero-order valence-electron chi connectivity index (χ0n) is 23.8. The van der Waals surface area contributed by atoms with Gasteiger partial charge in [0.1, 0.15) is 5.56 Å².